The molecular weight excluding hydrogens is 443 g/mol. The third-order valence-corrected chi connectivity index (χ3v) is 4.00. The van der Waals surface area contributed by atoms with E-state index in [9.17, 15) is 24.6 Å². The molecule has 0 saturated carbocycles. The van der Waals surface area contributed by atoms with Crippen LogP contribution < -0.4 is 11.1 Å². The maximum absolute atomic E-state index is 12.7. The molecule has 34 heavy (non-hydrogen) atoms. The van der Waals surface area contributed by atoms with Gasteiger partial charge < -0.3 is 11.1 Å². The van der Waals surface area contributed by atoms with E-state index in [0.29, 0.717) is 17.8 Å². The van der Waals surface area contributed by atoms with Crippen LogP contribution in [0.4, 0.5) is 21.5 Å². The molecule has 0 fully saturated rings. The number of hydrogen-bond donors (Lipinski definition) is 2. The first-order chi connectivity index (χ1) is 15.7. The summed E-state index contributed by atoms with van der Waals surface area (Å²) in [5.74, 6) is -0.987. The number of unbranched alkanes of at least 4 members (excludes halogenated alkanes) is 2. The fraction of sp³-hybridized carbons (Fsp3) is 0.391. The van der Waals surface area contributed by atoms with E-state index >= 15 is 0 Å². The Labute approximate surface area is 199 Å². The summed E-state index contributed by atoms with van der Waals surface area (Å²) in [5, 5.41) is 40.8. The molecule has 0 bridgehead atoms. The molecule has 0 saturated heterocycles. The van der Waals surface area contributed by atoms with Gasteiger partial charge >= 0.3 is 5.69 Å². The molecule has 2 rings (SSSR count). The van der Waals surface area contributed by atoms with Crippen molar-refractivity contribution in [1.29, 1.82) is 10.5 Å². The van der Waals surface area contributed by atoms with Gasteiger partial charge in [-0.25, -0.2) is 0 Å². The number of anilines is 1. The van der Waals surface area contributed by atoms with Gasteiger partial charge in [-0.05, 0) is 43.7 Å². The van der Waals surface area contributed by atoms with Gasteiger partial charge in [0.25, 0.3) is 5.69 Å². The zero-order valence-corrected chi connectivity index (χ0v) is 18.6. The fourth-order valence-corrected chi connectivity index (χ4v) is 2.23. The van der Waals surface area contributed by atoms with E-state index in [4.69, 9.17) is 16.3 Å². The van der Waals surface area contributed by atoms with Crippen LogP contribution in [0.15, 0.2) is 36.4 Å². The number of nitro groups is 2. The molecule has 11 heteroatoms. The molecular formula is C23H31FN6O4. The molecule has 184 valence electrons. The number of nitriles is 2. The standard InChI is InChI=1S/C11H13N3O2.C7H3FN2O2.C4H11N.CH4/c1-2-3-6-13-10-7-9(8-12)4-5-11(10)14(15)16;8-6-3-5(4-9)1-2-7(6)10(11)12;1-2-3-4-5;/h4-5,7,13H,2-3,6H2,1H3;1-3H;2-5H2,1H3;1H4. The highest BCUT2D eigenvalue weighted by molar-refractivity contribution is 5.64. The third-order valence-electron chi connectivity index (χ3n) is 4.00. The monoisotopic (exact) mass is 474 g/mol. The highest BCUT2D eigenvalue weighted by atomic mass is 19.1. The SMILES string of the molecule is C.CCCCN.CCCCNc1cc(C#N)ccc1[N+](=O)[O-].N#Cc1ccc([N+](=O)[O-])c(F)c1. The van der Waals surface area contributed by atoms with Crippen molar-refractivity contribution in [3.63, 3.8) is 0 Å². The van der Waals surface area contributed by atoms with E-state index in [-0.39, 0.29) is 18.7 Å². The Kier molecular flexibility index (Phi) is 17.4. The number of rotatable bonds is 8. The summed E-state index contributed by atoms with van der Waals surface area (Å²) in [5.41, 5.74) is 5.43. The average molecular weight is 475 g/mol. The lowest BCUT2D eigenvalue weighted by Gasteiger charge is -2.06. The number of nitrogens with one attached hydrogen (secondary N) is 1. The summed E-state index contributed by atoms with van der Waals surface area (Å²) in [4.78, 5) is 19.6. The van der Waals surface area contributed by atoms with E-state index < -0.39 is 21.4 Å². The fourth-order valence-electron chi connectivity index (χ4n) is 2.23. The summed E-state index contributed by atoms with van der Waals surface area (Å²) in [6.45, 7) is 5.69. The molecule has 10 nitrogen and oxygen atoms in total. The smallest absolute Gasteiger partial charge is 0.304 e. The van der Waals surface area contributed by atoms with Gasteiger partial charge in [-0.3, -0.25) is 20.2 Å². The molecule has 0 atom stereocenters. The van der Waals surface area contributed by atoms with Crippen molar-refractivity contribution in [2.45, 2.75) is 47.0 Å². The van der Waals surface area contributed by atoms with Crippen molar-refractivity contribution in [2.75, 3.05) is 18.4 Å². The Balaban J connectivity index is 0. The minimum Gasteiger partial charge on any atom is -0.379 e. The molecule has 0 aromatic heterocycles. The van der Waals surface area contributed by atoms with Crippen LogP contribution in [-0.4, -0.2) is 22.9 Å². The third kappa shape index (κ3) is 12.1. The molecule has 3 N–H and O–H groups in total. The van der Waals surface area contributed by atoms with E-state index in [2.05, 4.69) is 12.2 Å². The summed E-state index contributed by atoms with van der Waals surface area (Å²) in [7, 11) is 0. The van der Waals surface area contributed by atoms with Crippen molar-refractivity contribution in [3.05, 3.63) is 73.6 Å². The number of nitrogens with zero attached hydrogens (tertiary/aromatic N) is 4. The number of benzene rings is 2. The van der Waals surface area contributed by atoms with Gasteiger partial charge in [0.05, 0.1) is 33.1 Å². The Morgan fingerprint density at radius 2 is 1.44 bits per heavy atom. The summed E-state index contributed by atoms with van der Waals surface area (Å²) in [6, 6.07) is 10.9. The molecule has 0 aliphatic carbocycles. The van der Waals surface area contributed by atoms with Gasteiger partial charge in [0.2, 0.25) is 5.82 Å². The molecule has 0 aliphatic heterocycles. The van der Waals surface area contributed by atoms with Crippen LogP contribution in [0, 0.1) is 48.7 Å². The topological polar surface area (TPSA) is 172 Å². The molecule has 0 unspecified atom stereocenters. The van der Waals surface area contributed by atoms with Crippen LogP contribution in [0.1, 0.15) is 58.1 Å². The van der Waals surface area contributed by atoms with E-state index in [1.807, 2.05) is 13.0 Å². The summed E-state index contributed by atoms with van der Waals surface area (Å²) >= 11 is 0. The second kappa shape index (κ2) is 18.5. The zero-order chi connectivity index (χ0) is 25.2. The van der Waals surface area contributed by atoms with E-state index in [1.54, 1.807) is 6.07 Å². The van der Waals surface area contributed by atoms with Crippen LogP contribution in [-0.2, 0) is 0 Å². The second-order valence-electron chi connectivity index (χ2n) is 6.56. The van der Waals surface area contributed by atoms with Crippen molar-refractivity contribution in [3.8, 4) is 12.1 Å². The Hall–Kier alpha value is -4.09. The molecule has 0 amide bonds. The molecule has 0 spiro atoms. The van der Waals surface area contributed by atoms with Gasteiger partial charge in [-0.15, -0.1) is 0 Å². The molecule has 0 radical (unpaired) electrons. The molecule has 0 heterocycles. The summed E-state index contributed by atoms with van der Waals surface area (Å²) in [6.07, 6.45) is 4.34. The van der Waals surface area contributed by atoms with Crippen molar-refractivity contribution in [1.82, 2.24) is 0 Å². The van der Waals surface area contributed by atoms with Crippen molar-refractivity contribution >= 4 is 17.1 Å². The first-order valence-corrected chi connectivity index (χ1v) is 10.2. The largest absolute Gasteiger partial charge is 0.379 e. The molecule has 0 aliphatic rings. The predicted octanol–water partition coefficient (Wildman–Crippen LogP) is 5.67. The van der Waals surface area contributed by atoms with Crippen molar-refractivity contribution in [2.24, 2.45) is 5.73 Å². The molecule has 2 aromatic rings. The lowest BCUT2D eigenvalue weighted by molar-refractivity contribution is -0.387. The van der Waals surface area contributed by atoms with Crippen LogP contribution in [0.3, 0.4) is 0 Å². The highest BCUT2D eigenvalue weighted by Crippen LogP contribution is 2.25. The average Bonchev–Trinajstić information content (AvgIpc) is 2.80. The highest BCUT2D eigenvalue weighted by Gasteiger charge is 2.14. The van der Waals surface area contributed by atoms with E-state index in [1.165, 1.54) is 37.1 Å². The van der Waals surface area contributed by atoms with Gasteiger partial charge in [0.15, 0.2) is 0 Å². The number of halogens is 1. The normalized spacial score (nSPS) is 8.88. The van der Waals surface area contributed by atoms with Crippen molar-refractivity contribution < 1.29 is 14.2 Å². The predicted molar refractivity (Wildman–Crippen MR) is 130 cm³/mol. The Bertz CT molecular complexity index is 1000. The van der Waals surface area contributed by atoms with Crippen LogP contribution in [0.2, 0.25) is 0 Å². The van der Waals surface area contributed by atoms with E-state index in [0.717, 1.165) is 31.5 Å². The lowest BCUT2D eigenvalue weighted by atomic mass is 10.2. The Morgan fingerprint density at radius 3 is 1.82 bits per heavy atom. The second-order valence-corrected chi connectivity index (χ2v) is 6.56. The van der Waals surface area contributed by atoms with Gasteiger partial charge in [-0.1, -0.05) is 34.1 Å². The maximum atomic E-state index is 12.7. The van der Waals surface area contributed by atoms with Gasteiger partial charge in [0, 0.05) is 18.7 Å². The first-order valence-electron chi connectivity index (χ1n) is 10.2. The number of nitro benzene ring substituents is 2. The number of hydrogen-bond acceptors (Lipinski definition) is 8. The number of nitrogens with two attached hydrogens (primary N) is 1. The Morgan fingerprint density at radius 1 is 0.941 bits per heavy atom. The minimum atomic E-state index is -0.987. The first kappa shape index (κ1) is 32.1. The quantitative estimate of drug-likeness (QED) is 0.280. The lowest BCUT2D eigenvalue weighted by Crippen LogP contribution is -2.04. The van der Waals surface area contributed by atoms with Crippen LogP contribution in [0.25, 0.3) is 0 Å². The summed E-state index contributed by atoms with van der Waals surface area (Å²) < 4.78 is 12.7. The van der Waals surface area contributed by atoms with Crippen LogP contribution >= 0.6 is 0 Å². The minimum absolute atomic E-state index is 0. The van der Waals surface area contributed by atoms with Gasteiger partial charge in [-0.2, -0.15) is 14.9 Å². The van der Waals surface area contributed by atoms with Gasteiger partial charge in [0.1, 0.15) is 5.69 Å². The molecule has 2 aromatic carbocycles. The maximum Gasteiger partial charge on any atom is 0.304 e. The van der Waals surface area contributed by atoms with Crippen LogP contribution in [0.5, 0.6) is 0 Å². The zero-order valence-electron chi connectivity index (χ0n) is 18.6.